The van der Waals surface area contributed by atoms with E-state index in [-0.39, 0.29) is 0 Å². The molecule has 0 aliphatic rings. The molecule has 10 heavy (non-hydrogen) atoms. The third kappa shape index (κ3) is 2.62. The topological polar surface area (TPSA) is 80.9 Å². The van der Waals surface area contributed by atoms with Crippen molar-refractivity contribution in [3.8, 4) is 0 Å². The maximum absolute atomic E-state index is 8.91. The van der Waals surface area contributed by atoms with Crippen molar-refractivity contribution in [1.82, 2.24) is 0 Å². The lowest BCUT2D eigenvalue weighted by molar-refractivity contribution is -0.0947. The second kappa shape index (κ2) is 3.88. The van der Waals surface area contributed by atoms with Gasteiger partial charge >= 0.3 is 0 Å². The Labute approximate surface area is 59.7 Å². The Morgan fingerprint density at radius 3 is 1.00 bits per heavy atom. The van der Waals surface area contributed by atoms with E-state index in [0.29, 0.717) is 0 Å². The normalized spacial score (nSPS) is 23.4. The molecule has 0 aliphatic heterocycles. The number of rotatable bonds is 3. The van der Waals surface area contributed by atoms with Crippen LogP contribution in [-0.4, -0.2) is 44.8 Å². The van der Waals surface area contributed by atoms with Crippen LogP contribution in [0.15, 0.2) is 0 Å². The molecule has 0 rings (SSSR count). The molecule has 0 bridgehead atoms. The van der Waals surface area contributed by atoms with E-state index in [0.717, 1.165) is 0 Å². The van der Waals surface area contributed by atoms with Crippen LogP contribution in [-0.2, 0) is 0 Å². The molecular weight excluding hydrogens is 136 g/mol. The van der Waals surface area contributed by atoms with E-state index in [1.807, 2.05) is 0 Å². The molecule has 4 N–H and O–H groups in total. The molecule has 0 spiro atoms. The third-order valence-corrected chi connectivity index (χ3v) is 1.34. The maximum atomic E-state index is 8.91. The van der Waals surface area contributed by atoms with Gasteiger partial charge in [-0.15, -0.1) is 0 Å². The van der Waals surface area contributed by atoms with Gasteiger partial charge in [0.1, 0.15) is 12.2 Å². The number of hydrogen-bond acceptors (Lipinski definition) is 4. The summed E-state index contributed by atoms with van der Waals surface area (Å²) in [5.41, 5.74) is 0. The molecule has 0 aliphatic carbocycles. The highest BCUT2D eigenvalue weighted by atomic mass is 16.4. The molecule has 0 saturated heterocycles. The molecule has 0 aromatic heterocycles. The van der Waals surface area contributed by atoms with Crippen LogP contribution in [0.1, 0.15) is 13.8 Å². The Morgan fingerprint density at radius 2 is 0.900 bits per heavy atom. The Balaban J connectivity index is 3.81. The van der Waals surface area contributed by atoms with Crippen LogP contribution >= 0.6 is 0 Å². The lowest BCUT2D eigenvalue weighted by Crippen LogP contribution is -2.41. The summed E-state index contributed by atoms with van der Waals surface area (Å²) in [5.74, 6) is 0. The summed E-state index contributed by atoms with van der Waals surface area (Å²) in [6, 6.07) is 0. The van der Waals surface area contributed by atoms with Gasteiger partial charge in [-0.05, 0) is 13.8 Å². The fourth-order valence-electron chi connectivity index (χ4n) is 0.571. The van der Waals surface area contributed by atoms with E-state index in [2.05, 4.69) is 0 Å². The molecule has 4 heteroatoms. The monoisotopic (exact) mass is 150 g/mol. The van der Waals surface area contributed by atoms with Crippen LogP contribution < -0.4 is 0 Å². The Kier molecular flexibility index (Phi) is 3.81. The van der Waals surface area contributed by atoms with Crippen molar-refractivity contribution in [2.75, 3.05) is 0 Å². The molecule has 0 radical (unpaired) electrons. The van der Waals surface area contributed by atoms with Crippen LogP contribution in [0.3, 0.4) is 0 Å². The quantitative estimate of drug-likeness (QED) is 0.393. The molecule has 0 aromatic carbocycles. The van der Waals surface area contributed by atoms with Crippen molar-refractivity contribution in [2.24, 2.45) is 0 Å². The van der Waals surface area contributed by atoms with Crippen LogP contribution in [0, 0.1) is 0 Å². The smallest absolute Gasteiger partial charge is 0.108 e. The second-order valence-electron chi connectivity index (χ2n) is 2.46. The van der Waals surface area contributed by atoms with Crippen LogP contribution in [0.4, 0.5) is 0 Å². The van der Waals surface area contributed by atoms with Crippen LogP contribution in [0.25, 0.3) is 0 Å². The van der Waals surface area contributed by atoms with E-state index >= 15 is 0 Å². The summed E-state index contributed by atoms with van der Waals surface area (Å²) in [7, 11) is 0. The second-order valence-corrected chi connectivity index (χ2v) is 2.46. The van der Waals surface area contributed by atoms with Gasteiger partial charge in [-0.2, -0.15) is 0 Å². The zero-order valence-electron chi connectivity index (χ0n) is 6.10. The average Bonchev–Trinajstić information content (AvgIpc) is 1.84. The molecule has 0 amide bonds. The summed E-state index contributed by atoms with van der Waals surface area (Å²) in [6.07, 6.45) is -4.60. The van der Waals surface area contributed by atoms with E-state index in [9.17, 15) is 0 Å². The van der Waals surface area contributed by atoms with Crippen molar-refractivity contribution >= 4 is 0 Å². The summed E-state index contributed by atoms with van der Waals surface area (Å²) in [5, 5.41) is 35.2. The molecule has 0 saturated carbocycles. The summed E-state index contributed by atoms with van der Waals surface area (Å²) in [6.45, 7) is 2.69. The molecule has 4 atom stereocenters. The predicted molar refractivity (Wildman–Crippen MR) is 35.4 cm³/mol. The summed E-state index contributed by atoms with van der Waals surface area (Å²) >= 11 is 0. The number of aliphatic hydroxyl groups excluding tert-OH is 4. The summed E-state index contributed by atoms with van der Waals surface area (Å²) in [4.78, 5) is 0. The van der Waals surface area contributed by atoms with Gasteiger partial charge in [-0.1, -0.05) is 0 Å². The molecular formula is C6H14O4. The van der Waals surface area contributed by atoms with Crippen molar-refractivity contribution in [2.45, 2.75) is 38.3 Å². The third-order valence-electron chi connectivity index (χ3n) is 1.34. The van der Waals surface area contributed by atoms with Crippen LogP contribution in [0.5, 0.6) is 0 Å². The standard InChI is InChI=1S/C6H14O4/c1-3(7)5(9)6(10)4(2)8/h3-10H,1-2H3/t3-,4-,5-,6-/m0/s1. The highest BCUT2D eigenvalue weighted by Gasteiger charge is 2.24. The van der Waals surface area contributed by atoms with Gasteiger partial charge in [0.2, 0.25) is 0 Å². The molecule has 4 nitrogen and oxygen atoms in total. The Hall–Kier alpha value is -0.160. The first-order valence-corrected chi connectivity index (χ1v) is 3.19. The average molecular weight is 150 g/mol. The number of hydrogen-bond donors (Lipinski definition) is 4. The van der Waals surface area contributed by atoms with Crippen molar-refractivity contribution in [3.63, 3.8) is 0 Å². The molecule has 0 fully saturated rings. The largest absolute Gasteiger partial charge is 0.391 e. The minimum absolute atomic E-state index is 1.02. The van der Waals surface area contributed by atoms with E-state index in [4.69, 9.17) is 20.4 Å². The summed E-state index contributed by atoms with van der Waals surface area (Å²) < 4.78 is 0. The highest BCUT2D eigenvalue weighted by Crippen LogP contribution is 2.03. The minimum Gasteiger partial charge on any atom is -0.391 e. The zero-order valence-corrected chi connectivity index (χ0v) is 6.10. The maximum Gasteiger partial charge on any atom is 0.108 e. The molecule has 0 heterocycles. The zero-order chi connectivity index (χ0) is 8.31. The lowest BCUT2D eigenvalue weighted by atomic mass is 10.1. The first-order valence-electron chi connectivity index (χ1n) is 3.19. The van der Waals surface area contributed by atoms with E-state index < -0.39 is 24.4 Å². The fourth-order valence-corrected chi connectivity index (χ4v) is 0.571. The fraction of sp³-hybridized carbons (Fsp3) is 1.00. The van der Waals surface area contributed by atoms with Gasteiger partial charge in [0, 0.05) is 0 Å². The molecule has 0 aromatic rings. The lowest BCUT2D eigenvalue weighted by Gasteiger charge is -2.21. The van der Waals surface area contributed by atoms with Crippen molar-refractivity contribution < 1.29 is 20.4 Å². The Morgan fingerprint density at radius 1 is 0.700 bits per heavy atom. The molecule has 0 unspecified atom stereocenters. The van der Waals surface area contributed by atoms with Gasteiger partial charge in [-0.25, -0.2) is 0 Å². The molecule has 62 valence electrons. The van der Waals surface area contributed by atoms with Gasteiger partial charge in [-0.3, -0.25) is 0 Å². The van der Waals surface area contributed by atoms with Crippen LogP contribution in [0.2, 0.25) is 0 Å². The van der Waals surface area contributed by atoms with Crippen molar-refractivity contribution in [3.05, 3.63) is 0 Å². The van der Waals surface area contributed by atoms with Crippen molar-refractivity contribution in [1.29, 1.82) is 0 Å². The number of aliphatic hydroxyl groups is 4. The highest BCUT2D eigenvalue weighted by molar-refractivity contribution is 4.75. The van der Waals surface area contributed by atoms with E-state index in [1.165, 1.54) is 13.8 Å². The SMILES string of the molecule is C[C@H](O)[C@H](O)[C@@H](O)[C@H](C)O. The predicted octanol–water partition coefficient (Wildman–Crippen LogP) is -1.53. The van der Waals surface area contributed by atoms with Gasteiger partial charge in [0.15, 0.2) is 0 Å². The minimum atomic E-state index is -1.28. The first kappa shape index (κ1) is 9.84. The van der Waals surface area contributed by atoms with Gasteiger partial charge in [0.05, 0.1) is 12.2 Å². The van der Waals surface area contributed by atoms with Gasteiger partial charge < -0.3 is 20.4 Å². The van der Waals surface area contributed by atoms with Gasteiger partial charge in [0.25, 0.3) is 0 Å². The Bertz CT molecular complexity index is 79.7. The first-order chi connectivity index (χ1) is 4.46. The van der Waals surface area contributed by atoms with E-state index in [1.54, 1.807) is 0 Å².